The Morgan fingerprint density at radius 3 is 2.24 bits per heavy atom. The van der Waals surface area contributed by atoms with Gasteiger partial charge in [-0.2, -0.15) is 11.3 Å². The zero-order chi connectivity index (χ0) is 20.2. The van der Waals surface area contributed by atoms with Crippen molar-refractivity contribution in [2.75, 3.05) is 10.6 Å². The Morgan fingerprint density at radius 2 is 1.55 bits per heavy atom. The zero-order valence-corrected chi connectivity index (χ0v) is 16.3. The molecule has 0 aliphatic heterocycles. The minimum atomic E-state index is -0.346. The van der Waals surface area contributed by atoms with Gasteiger partial charge in [0.15, 0.2) is 0 Å². The first-order valence-corrected chi connectivity index (χ1v) is 10.2. The molecule has 3 amide bonds. The van der Waals surface area contributed by atoms with Gasteiger partial charge in [0, 0.05) is 22.7 Å². The first kappa shape index (κ1) is 18.9. The summed E-state index contributed by atoms with van der Waals surface area (Å²) < 4.78 is 0. The average molecular weight is 405 g/mol. The molecule has 0 spiro atoms. The number of rotatable bonds is 6. The summed E-state index contributed by atoms with van der Waals surface area (Å²) in [5.74, 6) is -0.717. The van der Waals surface area contributed by atoms with Crippen LogP contribution < -0.4 is 16.0 Å². The lowest BCUT2D eigenvalue weighted by Crippen LogP contribution is -2.25. The number of hydrogen-bond donors (Lipinski definition) is 3. The van der Waals surface area contributed by atoms with Crippen molar-refractivity contribution >= 4 is 40.4 Å². The van der Waals surface area contributed by atoms with Gasteiger partial charge in [0.05, 0.1) is 16.8 Å². The van der Waals surface area contributed by atoms with E-state index in [1.165, 1.54) is 11.3 Å². The molecule has 6 nitrogen and oxygen atoms in total. The lowest BCUT2D eigenvalue weighted by molar-refractivity contribution is 0.0949. The van der Waals surface area contributed by atoms with E-state index < -0.39 is 0 Å². The SMILES string of the molecule is O=C(Nc1ccccc1C(=O)Nc1ccc(C(=O)NC2CC2)cc1)c1ccsc1. The van der Waals surface area contributed by atoms with Gasteiger partial charge in [0.25, 0.3) is 17.7 Å². The van der Waals surface area contributed by atoms with Gasteiger partial charge >= 0.3 is 0 Å². The minimum Gasteiger partial charge on any atom is -0.349 e. The first-order valence-electron chi connectivity index (χ1n) is 9.25. The van der Waals surface area contributed by atoms with Gasteiger partial charge in [-0.05, 0) is 60.7 Å². The van der Waals surface area contributed by atoms with Crippen molar-refractivity contribution in [2.45, 2.75) is 18.9 Å². The Morgan fingerprint density at radius 1 is 0.793 bits per heavy atom. The third-order valence-electron chi connectivity index (χ3n) is 4.52. The van der Waals surface area contributed by atoms with Crippen LogP contribution in [0, 0.1) is 0 Å². The molecular formula is C22H19N3O3S. The highest BCUT2D eigenvalue weighted by molar-refractivity contribution is 7.08. The monoisotopic (exact) mass is 405 g/mol. The van der Waals surface area contributed by atoms with Crippen LogP contribution in [0.3, 0.4) is 0 Å². The molecule has 1 aromatic heterocycles. The van der Waals surface area contributed by atoms with Gasteiger partial charge in [0.2, 0.25) is 0 Å². The van der Waals surface area contributed by atoms with E-state index >= 15 is 0 Å². The third-order valence-corrected chi connectivity index (χ3v) is 5.20. The maximum Gasteiger partial charge on any atom is 0.257 e. The molecule has 0 bridgehead atoms. The molecule has 3 aromatic rings. The summed E-state index contributed by atoms with van der Waals surface area (Å²) in [5, 5.41) is 12.1. The molecule has 1 fully saturated rings. The van der Waals surface area contributed by atoms with E-state index in [9.17, 15) is 14.4 Å². The van der Waals surface area contributed by atoms with Crippen molar-refractivity contribution in [1.82, 2.24) is 5.32 Å². The van der Waals surface area contributed by atoms with Crippen LogP contribution >= 0.6 is 11.3 Å². The lowest BCUT2D eigenvalue weighted by atomic mass is 10.1. The molecule has 1 aliphatic carbocycles. The van der Waals surface area contributed by atoms with Gasteiger partial charge < -0.3 is 16.0 Å². The first-order chi connectivity index (χ1) is 14.1. The molecule has 0 radical (unpaired) electrons. The molecule has 0 saturated heterocycles. The predicted molar refractivity (Wildman–Crippen MR) is 114 cm³/mol. The minimum absolute atomic E-state index is 0.105. The summed E-state index contributed by atoms with van der Waals surface area (Å²) in [4.78, 5) is 37.1. The number of hydrogen-bond acceptors (Lipinski definition) is 4. The fourth-order valence-corrected chi connectivity index (χ4v) is 3.41. The van der Waals surface area contributed by atoms with Crippen molar-refractivity contribution in [3.05, 3.63) is 82.0 Å². The van der Waals surface area contributed by atoms with Crippen molar-refractivity contribution in [1.29, 1.82) is 0 Å². The molecule has 1 heterocycles. The summed E-state index contributed by atoms with van der Waals surface area (Å²) >= 11 is 1.43. The van der Waals surface area contributed by atoms with E-state index in [-0.39, 0.29) is 17.7 Å². The summed E-state index contributed by atoms with van der Waals surface area (Å²) in [6.45, 7) is 0. The molecule has 1 saturated carbocycles. The molecule has 2 aromatic carbocycles. The van der Waals surface area contributed by atoms with E-state index in [2.05, 4.69) is 16.0 Å². The fourth-order valence-electron chi connectivity index (χ4n) is 2.78. The van der Waals surface area contributed by atoms with E-state index in [0.717, 1.165) is 12.8 Å². The molecule has 3 N–H and O–H groups in total. The lowest BCUT2D eigenvalue weighted by Gasteiger charge is -2.11. The maximum atomic E-state index is 12.7. The van der Waals surface area contributed by atoms with E-state index in [1.54, 1.807) is 60.0 Å². The Bertz CT molecular complexity index is 1040. The number of carbonyl (C=O) groups is 3. The van der Waals surface area contributed by atoms with Crippen molar-refractivity contribution in [2.24, 2.45) is 0 Å². The molecule has 0 atom stereocenters. The molecule has 4 rings (SSSR count). The molecule has 1 aliphatic rings. The molecule has 146 valence electrons. The third kappa shape index (κ3) is 4.70. The summed E-state index contributed by atoms with van der Waals surface area (Å²) in [7, 11) is 0. The van der Waals surface area contributed by atoms with Crippen LogP contribution in [0.5, 0.6) is 0 Å². The molecule has 0 unspecified atom stereocenters. The number of benzene rings is 2. The Labute approximate surface area is 172 Å². The average Bonchev–Trinajstić information content (AvgIpc) is 3.37. The topological polar surface area (TPSA) is 87.3 Å². The van der Waals surface area contributed by atoms with Crippen LogP contribution in [-0.2, 0) is 0 Å². The zero-order valence-electron chi connectivity index (χ0n) is 15.5. The second-order valence-electron chi connectivity index (χ2n) is 6.79. The highest BCUT2D eigenvalue weighted by Gasteiger charge is 2.23. The Kier molecular flexibility index (Phi) is 5.39. The highest BCUT2D eigenvalue weighted by atomic mass is 32.1. The van der Waals surface area contributed by atoms with Crippen molar-refractivity contribution in [3.63, 3.8) is 0 Å². The fraction of sp³-hybridized carbons (Fsp3) is 0.136. The van der Waals surface area contributed by atoms with E-state index in [4.69, 9.17) is 0 Å². The predicted octanol–water partition coefficient (Wildman–Crippen LogP) is 4.14. The largest absolute Gasteiger partial charge is 0.349 e. The van der Waals surface area contributed by atoms with Crippen LogP contribution in [0.2, 0.25) is 0 Å². The van der Waals surface area contributed by atoms with Crippen molar-refractivity contribution in [3.8, 4) is 0 Å². The van der Waals surface area contributed by atoms with E-state index in [0.29, 0.717) is 34.1 Å². The highest BCUT2D eigenvalue weighted by Crippen LogP contribution is 2.21. The number of amides is 3. The van der Waals surface area contributed by atoms with Crippen molar-refractivity contribution < 1.29 is 14.4 Å². The van der Waals surface area contributed by atoms with Gasteiger partial charge in [-0.3, -0.25) is 14.4 Å². The van der Waals surface area contributed by atoms with E-state index in [1.807, 2.05) is 5.38 Å². The van der Waals surface area contributed by atoms with Gasteiger partial charge in [-0.1, -0.05) is 12.1 Å². The summed E-state index contributed by atoms with van der Waals surface area (Å²) in [6.07, 6.45) is 2.06. The van der Waals surface area contributed by atoms with Crippen LogP contribution in [-0.4, -0.2) is 23.8 Å². The smallest absolute Gasteiger partial charge is 0.257 e. The van der Waals surface area contributed by atoms with Crippen LogP contribution in [0.4, 0.5) is 11.4 Å². The van der Waals surface area contributed by atoms with Crippen LogP contribution in [0.1, 0.15) is 43.9 Å². The number of anilines is 2. The number of carbonyl (C=O) groups excluding carboxylic acids is 3. The second kappa shape index (κ2) is 8.28. The maximum absolute atomic E-state index is 12.7. The Balaban J connectivity index is 1.44. The molecule has 29 heavy (non-hydrogen) atoms. The number of para-hydroxylation sites is 1. The number of thiophene rings is 1. The summed E-state index contributed by atoms with van der Waals surface area (Å²) in [5.41, 5.74) is 2.45. The number of nitrogens with one attached hydrogen (secondary N) is 3. The second-order valence-corrected chi connectivity index (χ2v) is 7.57. The van der Waals surface area contributed by atoms with Gasteiger partial charge in [0.1, 0.15) is 0 Å². The molecule has 7 heteroatoms. The molecular weight excluding hydrogens is 386 g/mol. The quantitative estimate of drug-likeness (QED) is 0.576. The standard InChI is InChI=1S/C22H19N3O3S/c26-20(23-17-9-10-17)14-5-7-16(8-6-14)24-22(28)18-3-1-2-4-19(18)25-21(27)15-11-12-29-13-15/h1-8,11-13,17H,9-10H2,(H,23,26)(H,24,28)(H,25,27). The normalized spacial score (nSPS) is 12.8. The Hall–Kier alpha value is -3.45. The van der Waals surface area contributed by atoms with Gasteiger partial charge in [-0.25, -0.2) is 0 Å². The van der Waals surface area contributed by atoms with Crippen LogP contribution in [0.15, 0.2) is 65.4 Å². The summed E-state index contributed by atoms with van der Waals surface area (Å²) in [6, 6.07) is 15.6. The van der Waals surface area contributed by atoms with Gasteiger partial charge in [-0.15, -0.1) is 0 Å². The van der Waals surface area contributed by atoms with Crippen LogP contribution in [0.25, 0.3) is 0 Å².